The lowest BCUT2D eigenvalue weighted by Crippen LogP contribution is -2.24. The lowest BCUT2D eigenvalue weighted by atomic mass is 9.83. The average Bonchev–Trinajstić information content (AvgIpc) is 3.32. The molecule has 0 bridgehead atoms. The predicted octanol–water partition coefficient (Wildman–Crippen LogP) is 3.88. The third-order valence-corrected chi connectivity index (χ3v) is 5.97. The molecule has 0 spiro atoms. The minimum atomic E-state index is -0.648. The highest BCUT2D eigenvalue weighted by molar-refractivity contribution is 5.93. The van der Waals surface area contributed by atoms with Crippen LogP contribution in [-0.4, -0.2) is 51.5 Å². The minimum Gasteiger partial charge on any atom is -0.507 e. The van der Waals surface area contributed by atoms with Crippen LogP contribution in [0.3, 0.4) is 0 Å². The zero-order valence-corrected chi connectivity index (χ0v) is 20.2. The predicted molar refractivity (Wildman–Crippen MR) is 129 cm³/mol. The van der Waals surface area contributed by atoms with Gasteiger partial charge in [-0.2, -0.15) is 0 Å². The normalized spacial score (nSPS) is 14.8. The second kappa shape index (κ2) is 9.21. The molecule has 0 aliphatic carbocycles. The zero-order valence-electron chi connectivity index (χ0n) is 20.2. The zero-order chi connectivity index (χ0) is 25.4. The summed E-state index contributed by atoms with van der Waals surface area (Å²) >= 11 is 0. The number of phenolic OH excluding ortho intramolecular Hbond substituents is 1. The van der Waals surface area contributed by atoms with Crippen LogP contribution in [0.15, 0.2) is 60.1 Å². The number of phenols is 1. The van der Waals surface area contributed by atoms with Crippen molar-refractivity contribution in [1.82, 2.24) is 19.6 Å². The van der Waals surface area contributed by atoms with Crippen molar-refractivity contribution >= 4 is 11.6 Å². The monoisotopic (exact) mass is 488 g/mol. The topological polar surface area (TPSA) is 117 Å². The summed E-state index contributed by atoms with van der Waals surface area (Å²) in [6, 6.07) is 12.2. The molecule has 184 valence electrons. The van der Waals surface area contributed by atoms with Crippen molar-refractivity contribution in [1.29, 1.82) is 0 Å². The smallest absolute Gasteiger partial charge is 0.338 e. The highest BCUT2D eigenvalue weighted by Gasteiger charge is 2.38. The van der Waals surface area contributed by atoms with Crippen LogP contribution >= 0.6 is 0 Å². The Kier molecular flexibility index (Phi) is 5.93. The lowest BCUT2D eigenvalue weighted by Gasteiger charge is -2.28. The Labute approximate surface area is 206 Å². The van der Waals surface area contributed by atoms with Gasteiger partial charge in [0.05, 0.1) is 43.4 Å². The molecule has 4 aromatic rings. The molecule has 10 nitrogen and oxygen atoms in total. The Morgan fingerprint density at radius 1 is 1.14 bits per heavy atom. The number of nitrogens with zero attached hydrogens (tertiary/aromatic N) is 4. The molecule has 3 heterocycles. The van der Waals surface area contributed by atoms with Crippen molar-refractivity contribution in [2.45, 2.75) is 19.8 Å². The Morgan fingerprint density at radius 2 is 1.92 bits per heavy atom. The van der Waals surface area contributed by atoms with Gasteiger partial charge in [-0.15, -0.1) is 5.10 Å². The molecule has 0 radical (unpaired) electrons. The molecule has 0 saturated heterocycles. The molecule has 1 aliphatic heterocycles. The van der Waals surface area contributed by atoms with E-state index in [4.69, 9.17) is 23.9 Å². The van der Waals surface area contributed by atoms with Gasteiger partial charge in [-0.1, -0.05) is 18.2 Å². The maximum Gasteiger partial charge on any atom is 0.338 e. The number of carbonyl (C=O) groups is 1. The maximum absolute atomic E-state index is 13.2. The number of hydrogen-bond acceptors (Lipinski definition) is 9. The summed E-state index contributed by atoms with van der Waals surface area (Å²) in [7, 11) is 3.10. The average molecular weight is 489 g/mol. The molecule has 10 heteroatoms. The highest BCUT2D eigenvalue weighted by atomic mass is 16.5. The van der Waals surface area contributed by atoms with Crippen molar-refractivity contribution in [2.24, 2.45) is 0 Å². The van der Waals surface area contributed by atoms with Gasteiger partial charge in [0.25, 0.3) is 0 Å². The van der Waals surface area contributed by atoms with E-state index in [-0.39, 0.29) is 12.4 Å². The fraction of sp³-hybridized carbons (Fsp3) is 0.231. The van der Waals surface area contributed by atoms with Gasteiger partial charge in [0.1, 0.15) is 17.8 Å². The Morgan fingerprint density at radius 3 is 2.64 bits per heavy atom. The van der Waals surface area contributed by atoms with E-state index in [0.717, 1.165) is 5.56 Å². The van der Waals surface area contributed by atoms with Gasteiger partial charge >= 0.3 is 5.97 Å². The summed E-state index contributed by atoms with van der Waals surface area (Å²) < 4.78 is 23.8. The number of aromatic nitrogens is 4. The van der Waals surface area contributed by atoms with Crippen molar-refractivity contribution < 1.29 is 28.8 Å². The SMILES string of the molecule is CCOC(=O)C1=C(C)Oc2ncn3nc(-c4ccccc4O)nc3c2[C@@H]1c1ccc(OC)c(OC)c1. The summed E-state index contributed by atoms with van der Waals surface area (Å²) in [6.45, 7) is 3.64. The second-order valence-electron chi connectivity index (χ2n) is 8.02. The third kappa shape index (κ3) is 3.76. The molecule has 1 N–H and O–H groups in total. The number of ether oxygens (including phenoxy) is 4. The van der Waals surface area contributed by atoms with E-state index in [1.807, 2.05) is 6.07 Å². The van der Waals surface area contributed by atoms with Crippen LogP contribution in [0.4, 0.5) is 0 Å². The van der Waals surface area contributed by atoms with Crippen molar-refractivity contribution in [3.63, 3.8) is 0 Å². The van der Waals surface area contributed by atoms with Crippen LogP contribution in [-0.2, 0) is 9.53 Å². The third-order valence-electron chi connectivity index (χ3n) is 5.97. The number of methoxy groups -OCH3 is 2. The van der Waals surface area contributed by atoms with Crippen LogP contribution in [0.5, 0.6) is 23.1 Å². The Hall–Kier alpha value is -4.60. The molecular formula is C26H24N4O6. The number of para-hydroxylation sites is 1. The minimum absolute atomic E-state index is 0.0471. The van der Waals surface area contributed by atoms with Gasteiger partial charge in [-0.3, -0.25) is 0 Å². The van der Waals surface area contributed by atoms with Gasteiger partial charge < -0.3 is 24.1 Å². The second-order valence-corrected chi connectivity index (χ2v) is 8.02. The first-order chi connectivity index (χ1) is 17.5. The first kappa shape index (κ1) is 23.2. The number of allylic oxidation sites excluding steroid dienone is 1. The van der Waals surface area contributed by atoms with E-state index in [9.17, 15) is 9.90 Å². The standard InChI is InChI=1S/C26H24N4O6/c1-5-35-26(32)20-14(2)36-25-22(21(20)15-10-11-18(33-3)19(12-15)34-4)24-28-23(29-30(24)13-27-25)16-8-6-7-9-17(16)31/h6-13,21,31H,5H2,1-4H3/t21-/m1/s1. The molecule has 1 aliphatic rings. The summed E-state index contributed by atoms with van der Waals surface area (Å²) in [6.07, 6.45) is 1.49. The van der Waals surface area contributed by atoms with E-state index in [2.05, 4.69) is 10.1 Å². The molecule has 2 aromatic heterocycles. The molecule has 36 heavy (non-hydrogen) atoms. The van der Waals surface area contributed by atoms with Gasteiger partial charge in [0.2, 0.25) is 5.88 Å². The molecule has 0 saturated carbocycles. The number of esters is 1. The number of carbonyl (C=O) groups excluding carboxylic acids is 1. The summed E-state index contributed by atoms with van der Waals surface area (Å²) in [4.78, 5) is 22.3. The van der Waals surface area contributed by atoms with E-state index in [1.165, 1.54) is 10.8 Å². The molecule has 0 amide bonds. The Bertz CT molecular complexity index is 1510. The Balaban J connectivity index is 1.77. The number of benzene rings is 2. The van der Waals surface area contributed by atoms with Crippen LogP contribution < -0.4 is 14.2 Å². The molecule has 0 fully saturated rings. The first-order valence-corrected chi connectivity index (χ1v) is 11.3. The van der Waals surface area contributed by atoms with Gasteiger partial charge in [0.15, 0.2) is 23.0 Å². The van der Waals surface area contributed by atoms with Crippen LogP contribution in [0.25, 0.3) is 17.0 Å². The van der Waals surface area contributed by atoms with Gasteiger partial charge in [0, 0.05) is 0 Å². The fourth-order valence-electron chi connectivity index (χ4n) is 4.35. The quantitative estimate of drug-likeness (QED) is 0.404. The highest BCUT2D eigenvalue weighted by Crippen LogP contribution is 2.46. The molecular weight excluding hydrogens is 464 g/mol. The van der Waals surface area contributed by atoms with E-state index < -0.39 is 11.9 Å². The number of aromatic hydroxyl groups is 1. The fourth-order valence-corrected chi connectivity index (χ4v) is 4.35. The largest absolute Gasteiger partial charge is 0.507 e. The molecule has 5 rings (SSSR count). The summed E-state index contributed by atoms with van der Waals surface area (Å²) in [5, 5.41) is 14.9. The van der Waals surface area contributed by atoms with E-state index >= 15 is 0 Å². The van der Waals surface area contributed by atoms with Crippen molar-refractivity contribution in [2.75, 3.05) is 20.8 Å². The van der Waals surface area contributed by atoms with Crippen molar-refractivity contribution in [3.05, 3.63) is 71.3 Å². The molecule has 0 unspecified atom stereocenters. The summed E-state index contributed by atoms with van der Waals surface area (Å²) in [5.41, 5.74) is 2.46. The maximum atomic E-state index is 13.2. The number of rotatable bonds is 6. The first-order valence-electron chi connectivity index (χ1n) is 11.3. The van der Waals surface area contributed by atoms with Crippen LogP contribution in [0.2, 0.25) is 0 Å². The van der Waals surface area contributed by atoms with Crippen molar-refractivity contribution in [3.8, 4) is 34.5 Å². The lowest BCUT2D eigenvalue weighted by molar-refractivity contribution is -0.139. The molecule has 2 aromatic carbocycles. The number of fused-ring (bicyclic) bond motifs is 3. The van der Waals surface area contributed by atoms with Gasteiger partial charge in [-0.25, -0.2) is 19.3 Å². The van der Waals surface area contributed by atoms with E-state index in [0.29, 0.717) is 51.3 Å². The number of hydrogen-bond donors (Lipinski definition) is 1. The van der Waals surface area contributed by atoms with E-state index in [1.54, 1.807) is 64.5 Å². The molecule has 1 atom stereocenters. The van der Waals surface area contributed by atoms with Crippen LogP contribution in [0.1, 0.15) is 30.9 Å². The van der Waals surface area contributed by atoms with Gasteiger partial charge in [-0.05, 0) is 43.7 Å². The summed E-state index contributed by atoms with van der Waals surface area (Å²) in [5.74, 6) is 0.909. The van der Waals surface area contributed by atoms with Crippen LogP contribution in [0, 0.1) is 0 Å².